The lowest BCUT2D eigenvalue weighted by Crippen LogP contribution is -1.86. The SMILES string of the molecule is Cc1ccc(C)c2cnncc12. The van der Waals surface area contributed by atoms with Crippen molar-refractivity contribution in [3.05, 3.63) is 35.7 Å². The summed E-state index contributed by atoms with van der Waals surface area (Å²) in [6, 6.07) is 4.22. The number of nitrogens with zero attached hydrogens (tertiary/aromatic N) is 2. The fraction of sp³-hybridized carbons (Fsp3) is 0.200. The Morgan fingerprint density at radius 1 is 0.833 bits per heavy atom. The van der Waals surface area contributed by atoms with Crippen molar-refractivity contribution < 1.29 is 0 Å². The Bertz CT molecular complexity index is 381. The third-order valence-corrected chi connectivity index (χ3v) is 2.16. The lowest BCUT2D eigenvalue weighted by Gasteiger charge is -2.02. The van der Waals surface area contributed by atoms with E-state index in [1.54, 1.807) is 0 Å². The first kappa shape index (κ1) is 7.22. The fourth-order valence-corrected chi connectivity index (χ4v) is 1.38. The van der Waals surface area contributed by atoms with Gasteiger partial charge in [0.05, 0.1) is 12.4 Å². The van der Waals surface area contributed by atoms with Gasteiger partial charge in [-0.15, -0.1) is 0 Å². The van der Waals surface area contributed by atoms with E-state index in [0.29, 0.717) is 0 Å². The summed E-state index contributed by atoms with van der Waals surface area (Å²) in [6.07, 6.45) is 3.63. The molecule has 60 valence electrons. The van der Waals surface area contributed by atoms with Crippen LogP contribution in [-0.4, -0.2) is 10.2 Å². The zero-order valence-corrected chi connectivity index (χ0v) is 7.20. The van der Waals surface area contributed by atoms with E-state index in [1.165, 1.54) is 21.9 Å². The van der Waals surface area contributed by atoms with Crippen LogP contribution in [0.4, 0.5) is 0 Å². The monoisotopic (exact) mass is 158 g/mol. The van der Waals surface area contributed by atoms with Crippen LogP contribution in [0.1, 0.15) is 11.1 Å². The van der Waals surface area contributed by atoms with Crippen molar-refractivity contribution >= 4 is 10.8 Å². The summed E-state index contributed by atoms with van der Waals surface area (Å²) in [5.41, 5.74) is 2.51. The maximum Gasteiger partial charge on any atom is 0.0577 e. The fourth-order valence-electron chi connectivity index (χ4n) is 1.38. The lowest BCUT2D eigenvalue weighted by atomic mass is 10.0. The van der Waals surface area contributed by atoms with Crippen molar-refractivity contribution in [1.29, 1.82) is 0 Å². The molecule has 0 bridgehead atoms. The Kier molecular flexibility index (Phi) is 1.54. The molecule has 2 aromatic rings. The number of benzene rings is 1. The number of hydrogen-bond acceptors (Lipinski definition) is 2. The zero-order valence-electron chi connectivity index (χ0n) is 7.20. The van der Waals surface area contributed by atoms with Gasteiger partial charge in [-0.2, -0.15) is 10.2 Å². The topological polar surface area (TPSA) is 25.8 Å². The molecular weight excluding hydrogens is 148 g/mol. The van der Waals surface area contributed by atoms with Gasteiger partial charge in [-0.1, -0.05) is 12.1 Å². The van der Waals surface area contributed by atoms with Gasteiger partial charge in [-0.05, 0) is 25.0 Å². The molecule has 0 saturated heterocycles. The predicted molar refractivity (Wildman–Crippen MR) is 49.0 cm³/mol. The molecule has 0 unspecified atom stereocenters. The molecule has 2 nitrogen and oxygen atoms in total. The quantitative estimate of drug-likeness (QED) is 0.587. The van der Waals surface area contributed by atoms with Crippen LogP contribution in [0.25, 0.3) is 10.8 Å². The van der Waals surface area contributed by atoms with Crippen LogP contribution in [0.3, 0.4) is 0 Å². The van der Waals surface area contributed by atoms with Gasteiger partial charge in [-0.25, -0.2) is 0 Å². The zero-order chi connectivity index (χ0) is 8.55. The van der Waals surface area contributed by atoms with Gasteiger partial charge in [0.15, 0.2) is 0 Å². The summed E-state index contributed by atoms with van der Waals surface area (Å²) in [6.45, 7) is 4.17. The molecule has 0 N–H and O–H groups in total. The molecule has 0 spiro atoms. The number of aromatic nitrogens is 2. The molecule has 0 fully saturated rings. The summed E-state index contributed by atoms with van der Waals surface area (Å²) < 4.78 is 0. The van der Waals surface area contributed by atoms with Crippen LogP contribution in [0.2, 0.25) is 0 Å². The van der Waals surface area contributed by atoms with Crippen LogP contribution < -0.4 is 0 Å². The summed E-state index contributed by atoms with van der Waals surface area (Å²) in [5, 5.41) is 10.1. The van der Waals surface area contributed by atoms with Gasteiger partial charge in [0.2, 0.25) is 0 Å². The molecule has 0 saturated carbocycles. The second-order valence-electron chi connectivity index (χ2n) is 3.02. The standard InChI is InChI=1S/C10H10N2/c1-7-3-4-8(2)10-6-12-11-5-9(7)10/h3-6H,1-2H3. The van der Waals surface area contributed by atoms with Gasteiger partial charge in [0, 0.05) is 10.8 Å². The Morgan fingerprint density at radius 3 is 1.67 bits per heavy atom. The van der Waals surface area contributed by atoms with Gasteiger partial charge in [0.1, 0.15) is 0 Å². The van der Waals surface area contributed by atoms with Crippen molar-refractivity contribution in [1.82, 2.24) is 10.2 Å². The van der Waals surface area contributed by atoms with Crippen LogP contribution >= 0.6 is 0 Å². The Morgan fingerprint density at radius 2 is 1.25 bits per heavy atom. The summed E-state index contributed by atoms with van der Waals surface area (Å²) >= 11 is 0. The molecule has 1 heterocycles. The highest BCUT2D eigenvalue weighted by atomic mass is 15.1. The van der Waals surface area contributed by atoms with Crippen LogP contribution in [0, 0.1) is 13.8 Å². The predicted octanol–water partition coefficient (Wildman–Crippen LogP) is 2.25. The van der Waals surface area contributed by atoms with E-state index in [1.807, 2.05) is 12.4 Å². The van der Waals surface area contributed by atoms with E-state index in [-0.39, 0.29) is 0 Å². The van der Waals surface area contributed by atoms with Crippen molar-refractivity contribution in [2.75, 3.05) is 0 Å². The Hall–Kier alpha value is -1.44. The molecule has 1 aromatic carbocycles. The maximum absolute atomic E-state index is 3.86. The molecule has 12 heavy (non-hydrogen) atoms. The van der Waals surface area contributed by atoms with Gasteiger partial charge in [-0.3, -0.25) is 0 Å². The molecule has 0 aliphatic carbocycles. The van der Waals surface area contributed by atoms with Crippen molar-refractivity contribution in [2.45, 2.75) is 13.8 Å². The number of rotatable bonds is 0. The van der Waals surface area contributed by atoms with E-state index in [4.69, 9.17) is 0 Å². The summed E-state index contributed by atoms with van der Waals surface area (Å²) in [4.78, 5) is 0. The van der Waals surface area contributed by atoms with E-state index >= 15 is 0 Å². The second-order valence-corrected chi connectivity index (χ2v) is 3.02. The molecule has 0 amide bonds. The van der Waals surface area contributed by atoms with Crippen LogP contribution in [-0.2, 0) is 0 Å². The van der Waals surface area contributed by atoms with E-state index in [2.05, 4.69) is 36.2 Å². The molecule has 2 heteroatoms. The number of fused-ring (bicyclic) bond motifs is 1. The Balaban J connectivity index is 2.95. The summed E-state index contributed by atoms with van der Waals surface area (Å²) in [7, 11) is 0. The van der Waals surface area contributed by atoms with Crippen LogP contribution in [0.15, 0.2) is 24.5 Å². The van der Waals surface area contributed by atoms with E-state index in [9.17, 15) is 0 Å². The van der Waals surface area contributed by atoms with Gasteiger partial charge >= 0.3 is 0 Å². The molecule has 1 aromatic heterocycles. The second kappa shape index (κ2) is 2.55. The first-order valence-corrected chi connectivity index (χ1v) is 3.95. The highest BCUT2D eigenvalue weighted by Gasteiger charge is 1.98. The maximum atomic E-state index is 3.86. The normalized spacial score (nSPS) is 10.5. The average Bonchev–Trinajstić information content (AvgIpc) is 2.12. The number of aryl methyl sites for hydroxylation is 2. The number of hydrogen-bond donors (Lipinski definition) is 0. The van der Waals surface area contributed by atoms with E-state index in [0.717, 1.165) is 0 Å². The van der Waals surface area contributed by atoms with Gasteiger partial charge < -0.3 is 0 Å². The lowest BCUT2D eigenvalue weighted by molar-refractivity contribution is 1.05. The minimum absolute atomic E-state index is 1.20. The first-order chi connectivity index (χ1) is 5.79. The Labute approximate surface area is 71.3 Å². The third kappa shape index (κ3) is 0.961. The van der Waals surface area contributed by atoms with Crippen molar-refractivity contribution in [3.8, 4) is 0 Å². The highest BCUT2D eigenvalue weighted by molar-refractivity contribution is 5.86. The van der Waals surface area contributed by atoms with Crippen molar-refractivity contribution in [2.24, 2.45) is 0 Å². The minimum atomic E-state index is 1.20. The van der Waals surface area contributed by atoms with E-state index < -0.39 is 0 Å². The molecular formula is C10H10N2. The van der Waals surface area contributed by atoms with Crippen LogP contribution in [0.5, 0.6) is 0 Å². The van der Waals surface area contributed by atoms with Crippen molar-refractivity contribution in [3.63, 3.8) is 0 Å². The first-order valence-electron chi connectivity index (χ1n) is 3.95. The molecule has 2 rings (SSSR count). The van der Waals surface area contributed by atoms with Gasteiger partial charge in [0.25, 0.3) is 0 Å². The average molecular weight is 158 g/mol. The molecule has 0 aliphatic rings. The smallest absolute Gasteiger partial charge is 0.0577 e. The highest BCUT2D eigenvalue weighted by Crippen LogP contribution is 2.19. The molecule has 0 radical (unpaired) electrons. The largest absolute Gasteiger partial charge is 0.158 e. The third-order valence-electron chi connectivity index (χ3n) is 2.16. The minimum Gasteiger partial charge on any atom is -0.158 e. The summed E-state index contributed by atoms with van der Waals surface area (Å²) in [5.74, 6) is 0. The molecule has 0 atom stereocenters. The molecule has 0 aliphatic heterocycles.